The molecule has 0 radical (unpaired) electrons. The third kappa shape index (κ3) is 2.57. The Morgan fingerprint density at radius 1 is 1.36 bits per heavy atom. The van der Waals surface area contributed by atoms with Gasteiger partial charge >= 0.3 is 5.97 Å². The maximum absolute atomic E-state index is 11.2. The number of hydrogen-bond acceptors (Lipinski definition) is 3. The van der Waals surface area contributed by atoms with Gasteiger partial charge in [-0.15, -0.1) is 0 Å². The van der Waals surface area contributed by atoms with E-state index >= 15 is 0 Å². The molecule has 1 rings (SSSR count). The summed E-state index contributed by atoms with van der Waals surface area (Å²) in [6.45, 7) is 2.02. The zero-order valence-corrected chi connectivity index (χ0v) is 8.38. The van der Waals surface area contributed by atoms with Gasteiger partial charge in [0.1, 0.15) is 0 Å². The SMILES string of the molecule is CCOC(=O)c1cccc(C(=O)Cl)c1. The van der Waals surface area contributed by atoms with Crippen molar-refractivity contribution in [3.05, 3.63) is 35.4 Å². The molecule has 0 bridgehead atoms. The molecule has 0 saturated heterocycles. The lowest BCUT2D eigenvalue weighted by atomic mass is 10.1. The summed E-state index contributed by atoms with van der Waals surface area (Å²) in [5.74, 6) is -0.452. The smallest absolute Gasteiger partial charge is 0.338 e. The van der Waals surface area contributed by atoms with Crippen molar-refractivity contribution in [2.24, 2.45) is 0 Å². The first-order valence-electron chi connectivity index (χ1n) is 4.12. The maximum Gasteiger partial charge on any atom is 0.338 e. The van der Waals surface area contributed by atoms with E-state index in [1.54, 1.807) is 19.1 Å². The van der Waals surface area contributed by atoms with Crippen molar-refractivity contribution in [3.63, 3.8) is 0 Å². The molecule has 0 saturated carbocycles. The first kappa shape index (κ1) is 10.7. The fraction of sp³-hybridized carbons (Fsp3) is 0.200. The average molecular weight is 213 g/mol. The molecule has 0 heterocycles. The molecule has 0 aliphatic heterocycles. The Labute approximate surface area is 86.6 Å². The van der Waals surface area contributed by atoms with Gasteiger partial charge in [0.2, 0.25) is 0 Å². The first-order valence-corrected chi connectivity index (χ1v) is 4.50. The number of benzene rings is 1. The Kier molecular flexibility index (Phi) is 3.65. The minimum absolute atomic E-state index is 0.289. The zero-order chi connectivity index (χ0) is 10.6. The minimum atomic E-state index is -0.587. The molecule has 1 aromatic carbocycles. The number of carbonyl (C=O) groups excluding carboxylic acids is 2. The molecule has 0 aliphatic carbocycles. The molecule has 1 aromatic rings. The van der Waals surface area contributed by atoms with Gasteiger partial charge in [-0.2, -0.15) is 0 Å². The van der Waals surface area contributed by atoms with E-state index in [0.29, 0.717) is 12.2 Å². The molecule has 74 valence electrons. The average Bonchev–Trinajstić information content (AvgIpc) is 2.18. The van der Waals surface area contributed by atoms with Gasteiger partial charge < -0.3 is 4.74 Å². The highest BCUT2D eigenvalue weighted by Crippen LogP contribution is 2.09. The second-order valence-corrected chi connectivity index (χ2v) is 2.92. The lowest BCUT2D eigenvalue weighted by Gasteiger charge is -2.01. The van der Waals surface area contributed by atoms with E-state index in [4.69, 9.17) is 16.3 Å². The van der Waals surface area contributed by atoms with Crippen molar-refractivity contribution in [2.75, 3.05) is 6.61 Å². The highest BCUT2D eigenvalue weighted by atomic mass is 35.5. The van der Waals surface area contributed by atoms with Crippen LogP contribution in [0.3, 0.4) is 0 Å². The predicted octanol–water partition coefficient (Wildman–Crippen LogP) is 2.24. The van der Waals surface area contributed by atoms with Crippen molar-refractivity contribution in [1.29, 1.82) is 0 Å². The van der Waals surface area contributed by atoms with Gasteiger partial charge in [-0.3, -0.25) is 4.79 Å². The number of halogens is 1. The molecule has 0 N–H and O–H groups in total. The van der Waals surface area contributed by atoms with Crippen LogP contribution in [0.1, 0.15) is 27.6 Å². The molecule has 0 aliphatic rings. The van der Waals surface area contributed by atoms with E-state index in [1.807, 2.05) is 0 Å². The van der Waals surface area contributed by atoms with Crippen molar-refractivity contribution in [1.82, 2.24) is 0 Å². The normalized spacial score (nSPS) is 9.57. The number of esters is 1. The van der Waals surface area contributed by atoms with E-state index in [2.05, 4.69) is 0 Å². The van der Waals surface area contributed by atoms with E-state index in [-0.39, 0.29) is 5.56 Å². The van der Waals surface area contributed by atoms with Crippen LogP contribution >= 0.6 is 11.6 Å². The first-order chi connectivity index (χ1) is 6.65. The van der Waals surface area contributed by atoms with Crippen LogP contribution < -0.4 is 0 Å². The van der Waals surface area contributed by atoms with E-state index in [0.717, 1.165) is 0 Å². The van der Waals surface area contributed by atoms with Gasteiger partial charge in [0.25, 0.3) is 5.24 Å². The Hall–Kier alpha value is -1.35. The molecule has 0 amide bonds. The molecule has 0 aromatic heterocycles. The summed E-state index contributed by atoms with van der Waals surface area (Å²) in [5.41, 5.74) is 0.621. The van der Waals surface area contributed by atoms with Crippen molar-refractivity contribution in [3.8, 4) is 0 Å². The van der Waals surface area contributed by atoms with Crippen molar-refractivity contribution >= 4 is 22.8 Å². The van der Waals surface area contributed by atoms with Gasteiger partial charge in [-0.05, 0) is 30.7 Å². The molecule has 4 heteroatoms. The second kappa shape index (κ2) is 4.77. The highest BCUT2D eigenvalue weighted by Gasteiger charge is 2.08. The van der Waals surface area contributed by atoms with Crippen molar-refractivity contribution in [2.45, 2.75) is 6.92 Å². The minimum Gasteiger partial charge on any atom is -0.462 e. The molecule has 0 unspecified atom stereocenters. The number of ether oxygens (including phenoxy) is 1. The van der Waals surface area contributed by atoms with Crippen LogP contribution in [0.25, 0.3) is 0 Å². The van der Waals surface area contributed by atoms with Gasteiger partial charge in [0.15, 0.2) is 0 Å². The van der Waals surface area contributed by atoms with Gasteiger partial charge in [0, 0.05) is 5.56 Å². The monoisotopic (exact) mass is 212 g/mol. The topological polar surface area (TPSA) is 43.4 Å². The van der Waals surface area contributed by atoms with Crippen LogP contribution in [0.15, 0.2) is 24.3 Å². The Balaban J connectivity index is 2.93. The third-order valence-electron chi connectivity index (χ3n) is 1.60. The van der Waals surface area contributed by atoms with Gasteiger partial charge in [-0.25, -0.2) is 4.79 Å². The Morgan fingerprint density at radius 2 is 2.00 bits per heavy atom. The van der Waals surface area contributed by atoms with E-state index in [1.165, 1.54) is 12.1 Å². The van der Waals surface area contributed by atoms with Crippen LogP contribution in [0.2, 0.25) is 0 Å². The third-order valence-corrected chi connectivity index (χ3v) is 1.82. The molecule has 0 fully saturated rings. The summed E-state index contributed by atoms with van der Waals surface area (Å²) in [7, 11) is 0. The zero-order valence-electron chi connectivity index (χ0n) is 7.62. The molecule has 0 spiro atoms. The van der Waals surface area contributed by atoms with Crippen LogP contribution in [-0.4, -0.2) is 17.8 Å². The van der Waals surface area contributed by atoms with E-state index in [9.17, 15) is 9.59 Å². The summed E-state index contributed by atoms with van der Waals surface area (Å²) in [6.07, 6.45) is 0. The van der Waals surface area contributed by atoms with Crippen LogP contribution in [0, 0.1) is 0 Å². The summed E-state index contributed by atoms with van der Waals surface area (Å²) >= 11 is 5.27. The lowest BCUT2D eigenvalue weighted by molar-refractivity contribution is 0.0526. The summed E-state index contributed by atoms with van der Waals surface area (Å²) in [4.78, 5) is 22.0. The molecular formula is C10H9ClO3. The molecular weight excluding hydrogens is 204 g/mol. The largest absolute Gasteiger partial charge is 0.462 e. The Bertz CT molecular complexity index is 360. The fourth-order valence-electron chi connectivity index (χ4n) is 0.983. The predicted molar refractivity (Wildman–Crippen MR) is 52.6 cm³/mol. The van der Waals surface area contributed by atoms with Crippen molar-refractivity contribution < 1.29 is 14.3 Å². The quantitative estimate of drug-likeness (QED) is 0.570. The van der Waals surface area contributed by atoms with E-state index < -0.39 is 11.2 Å². The summed E-state index contributed by atoms with van der Waals surface area (Å²) < 4.78 is 4.77. The molecule has 3 nitrogen and oxygen atoms in total. The number of hydrogen-bond donors (Lipinski definition) is 0. The molecule has 0 atom stereocenters. The van der Waals surface area contributed by atoms with Crippen LogP contribution in [0.4, 0.5) is 0 Å². The van der Waals surface area contributed by atoms with Crippen LogP contribution in [0.5, 0.6) is 0 Å². The number of carbonyl (C=O) groups is 2. The fourth-order valence-corrected chi connectivity index (χ4v) is 1.10. The van der Waals surface area contributed by atoms with Gasteiger partial charge in [-0.1, -0.05) is 12.1 Å². The standard InChI is InChI=1S/C10H9ClO3/c1-2-14-10(13)8-5-3-4-7(6-8)9(11)12/h3-6H,2H2,1H3. The summed E-state index contributed by atoms with van der Waals surface area (Å²) in [5, 5.41) is -0.587. The van der Waals surface area contributed by atoms with Gasteiger partial charge in [0.05, 0.1) is 12.2 Å². The molecule has 14 heavy (non-hydrogen) atoms. The summed E-state index contributed by atoms with van der Waals surface area (Å²) in [6, 6.07) is 6.11. The maximum atomic E-state index is 11.2. The lowest BCUT2D eigenvalue weighted by Crippen LogP contribution is -2.05. The van der Waals surface area contributed by atoms with Crippen LogP contribution in [-0.2, 0) is 4.74 Å². The number of rotatable bonds is 3. The Morgan fingerprint density at radius 3 is 2.57 bits per heavy atom. The second-order valence-electron chi connectivity index (χ2n) is 2.57. The highest BCUT2D eigenvalue weighted by molar-refractivity contribution is 6.67.